The van der Waals surface area contributed by atoms with Gasteiger partial charge in [0.15, 0.2) is 8.32 Å². The van der Waals surface area contributed by atoms with Crippen LogP contribution in [0.1, 0.15) is 48.0 Å². The molecule has 126 valence electrons. The summed E-state index contributed by atoms with van der Waals surface area (Å²) in [5.74, 6) is -0.128. The molecule has 0 aromatic carbocycles. The number of hydrogen-bond donors (Lipinski definition) is 0. The van der Waals surface area contributed by atoms with Crippen molar-refractivity contribution in [3.05, 3.63) is 12.2 Å². The molecule has 3 nitrogen and oxygen atoms in total. The molecule has 0 aromatic heterocycles. The molecular weight excluding hydrogens is 360 g/mol. The second-order valence-corrected chi connectivity index (χ2v) is 14.3. The molecule has 22 heavy (non-hydrogen) atoms. The van der Waals surface area contributed by atoms with Crippen molar-refractivity contribution in [1.82, 2.24) is 0 Å². The fourth-order valence-corrected chi connectivity index (χ4v) is 10.7. The number of carbonyl (C=O) groups is 1. The highest BCUT2D eigenvalue weighted by molar-refractivity contribution is 9.09. The van der Waals surface area contributed by atoms with Gasteiger partial charge >= 0.3 is 5.97 Å². The lowest BCUT2D eigenvalue weighted by molar-refractivity contribution is -0.203. The number of halogens is 1. The van der Waals surface area contributed by atoms with Crippen LogP contribution in [0, 0.1) is 5.41 Å². The third-order valence-electron chi connectivity index (χ3n) is 5.49. The summed E-state index contributed by atoms with van der Waals surface area (Å²) in [6, 6.07) is 0. The molecule has 0 amide bonds. The number of hydrogen-bond acceptors (Lipinski definition) is 3. The molecule has 3 atom stereocenters. The molecule has 1 aliphatic heterocycles. The normalized spacial score (nSPS) is 31.5. The van der Waals surface area contributed by atoms with E-state index in [1.54, 1.807) is 0 Å². The molecule has 0 bridgehead atoms. The Balaban J connectivity index is 2.24. The standard InChI is InChI=1S/C17H29BrO3Si/c1-11(2)22(12(3)4,13(5)6)20-10-17-9-7-8-14(18)15(17)21-16(17)19/h7,9,11-15H,8,10H2,1-6H3/t14-,15+,17+/m0/s1. The van der Waals surface area contributed by atoms with E-state index < -0.39 is 13.7 Å². The van der Waals surface area contributed by atoms with Gasteiger partial charge in [0, 0.05) is 0 Å². The van der Waals surface area contributed by atoms with E-state index in [-0.39, 0.29) is 16.9 Å². The first-order valence-electron chi connectivity index (χ1n) is 8.35. The van der Waals surface area contributed by atoms with Crippen LogP contribution in [0.15, 0.2) is 12.2 Å². The minimum atomic E-state index is -1.96. The van der Waals surface area contributed by atoms with Crippen molar-refractivity contribution >= 4 is 30.2 Å². The van der Waals surface area contributed by atoms with Gasteiger partial charge in [0.2, 0.25) is 0 Å². The maximum absolute atomic E-state index is 12.2. The molecule has 2 rings (SSSR count). The van der Waals surface area contributed by atoms with Crippen LogP contribution in [0.2, 0.25) is 16.6 Å². The van der Waals surface area contributed by atoms with Crippen LogP contribution >= 0.6 is 15.9 Å². The summed E-state index contributed by atoms with van der Waals surface area (Å²) in [6.07, 6.45) is 4.94. The number of allylic oxidation sites excluding steroid dienone is 1. The number of alkyl halides is 1. The molecule has 1 aliphatic carbocycles. The first-order valence-corrected chi connectivity index (χ1v) is 11.4. The predicted octanol–water partition coefficient (Wildman–Crippen LogP) is 4.81. The molecular formula is C17H29BrO3Si. The van der Waals surface area contributed by atoms with Gasteiger partial charge in [-0.15, -0.1) is 0 Å². The monoisotopic (exact) mass is 388 g/mol. The number of rotatable bonds is 6. The highest BCUT2D eigenvalue weighted by Crippen LogP contribution is 2.49. The number of ether oxygens (including phenoxy) is 1. The van der Waals surface area contributed by atoms with Crippen molar-refractivity contribution in [2.75, 3.05) is 6.61 Å². The SMILES string of the molecule is CC(C)[Si](OC[C@]12C=CC[C@H](Br)[C@H]1OC2=O)(C(C)C)C(C)C. The van der Waals surface area contributed by atoms with Gasteiger partial charge in [-0.25, -0.2) is 0 Å². The van der Waals surface area contributed by atoms with Crippen LogP contribution in [0.4, 0.5) is 0 Å². The van der Waals surface area contributed by atoms with Crippen LogP contribution < -0.4 is 0 Å². The Hall–Kier alpha value is -0.133. The third kappa shape index (κ3) is 2.63. The van der Waals surface area contributed by atoms with E-state index >= 15 is 0 Å². The summed E-state index contributed by atoms with van der Waals surface area (Å²) < 4.78 is 12.1. The largest absolute Gasteiger partial charge is 0.459 e. The van der Waals surface area contributed by atoms with Gasteiger partial charge in [0.05, 0.1) is 11.4 Å². The summed E-state index contributed by atoms with van der Waals surface area (Å²) in [4.78, 5) is 12.4. The number of fused-ring (bicyclic) bond motifs is 1. The second-order valence-electron chi connectivity index (χ2n) is 7.63. The van der Waals surface area contributed by atoms with Crippen molar-refractivity contribution < 1.29 is 14.0 Å². The van der Waals surface area contributed by atoms with Crippen molar-refractivity contribution in [2.45, 2.75) is 75.5 Å². The minimum Gasteiger partial charge on any atom is -0.459 e. The van der Waals surface area contributed by atoms with Crippen molar-refractivity contribution in [3.8, 4) is 0 Å². The first-order chi connectivity index (χ1) is 10.2. The lowest BCUT2D eigenvalue weighted by Gasteiger charge is -2.51. The molecule has 2 aliphatic rings. The van der Waals surface area contributed by atoms with Gasteiger partial charge < -0.3 is 9.16 Å². The summed E-state index contributed by atoms with van der Waals surface area (Å²) in [6.45, 7) is 14.1. The van der Waals surface area contributed by atoms with Gasteiger partial charge in [0.25, 0.3) is 0 Å². The molecule has 1 heterocycles. The lowest BCUT2D eigenvalue weighted by Crippen LogP contribution is -2.64. The van der Waals surface area contributed by atoms with Gasteiger partial charge in [-0.05, 0) is 23.0 Å². The zero-order valence-corrected chi connectivity index (χ0v) is 17.1. The summed E-state index contributed by atoms with van der Waals surface area (Å²) >= 11 is 3.64. The van der Waals surface area contributed by atoms with Gasteiger partial charge in [-0.1, -0.05) is 69.6 Å². The Bertz CT molecular complexity index is 439. The van der Waals surface area contributed by atoms with E-state index in [0.29, 0.717) is 23.2 Å². The molecule has 5 heteroatoms. The van der Waals surface area contributed by atoms with Crippen LogP contribution in [-0.4, -0.2) is 31.8 Å². The van der Waals surface area contributed by atoms with Gasteiger partial charge in [-0.2, -0.15) is 0 Å². The molecule has 0 unspecified atom stereocenters. The summed E-state index contributed by atoms with van der Waals surface area (Å²) in [5.41, 5.74) is 0.992. The molecule has 0 radical (unpaired) electrons. The maximum atomic E-state index is 12.2. The van der Waals surface area contributed by atoms with E-state index in [1.807, 2.05) is 6.08 Å². The lowest BCUT2D eigenvalue weighted by atomic mass is 9.73. The summed E-state index contributed by atoms with van der Waals surface area (Å²) in [7, 11) is -1.96. The van der Waals surface area contributed by atoms with Crippen molar-refractivity contribution in [3.63, 3.8) is 0 Å². The number of carbonyl (C=O) groups excluding carboxylic acids is 1. The van der Waals surface area contributed by atoms with E-state index in [1.165, 1.54) is 0 Å². The zero-order chi connectivity index (χ0) is 16.7. The Morgan fingerprint density at radius 3 is 2.27 bits per heavy atom. The zero-order valence-electron chi connectivity index (χ0n) is 14.6. The fraction of sp³-hybridized carbons (Fsp3) is 0.824. The van der Waals surface area contributed by atoms with Gasteiger partial charge in [-0.3, -0.25) is 4.79 Å². The van der Waals surface area contributed by atoms with E-state index in [0.717, 1.165) is 6.42 Å². The molecule has 0 saturated carbocycles. The average molecular weight is 389 g/mol. The molecule has 0 spiro atoms. The maximum Gasteiger partial charge on any atom is 0.322 e. The van der Waals surface area contributed by atoms with Gasteiger partial charge in [0.1, 0.15) is 11.5 Å². The quantitative estimate of drug-likeness (QED) is 0.283. The Kier molecular flexibility index (Phi) is 5.30. The second kappa shape index (κ2) is 6.40. The Morgan fingerprint density at radius 1 is 1.27 bits per heavy atom. The summed E-state index contributed by atoms with van der Waals surface area (Å²) in [5, 5.41) is 0. The predicted molar refractivity (Wildman–Crippen MR) is 95.8 cm³/mol. The first kappa shape index (κ1) is 18.2. The minimum absolute atomic E-state index is 0.0804. The van der Waals surface area contributed by atoms with E-state index in [2.05, 4.69) is 63.5 Å². The number of esters is 1. The molecule has 0 aromatic rings. The highest BCUT2D eigenvalue weighted by atomic mass is 79.9. The molecule has 0 N–H and O–H groups in total. The highest BCUT2D eigenvalue weighted by Gasteiger charge is 2.61. The topological polar surface area (TPSA) is 35.5 Å². The van der Waals surface area contributed by atoms with E-state index in [9.17, 15) is 4.79 Å². The fourth-order valence-electron chi connectivity index (χ4n) is 4.41. The average Bonchev–Trinajstić information content (AvgIpc) is 2.40. The Morgan fingerprint density at radius 2 is 1.82 bits per heavy atom. The van der Waals surface area contributed by atoms with Crippen LogP contribution in [0.5, 0.6) is 0 Å². The van der Waals surface area contributed by atoms with Crippen LogP contribution in [0.25, 0.3) is 0 Å². The van der Waals surface area contributed by atoms with Crippen molar-refractivity contribution in [2.24, 2.45) is 5.41 Å². The Labute approximate surface area is 144 Å². The smallest absolute Gasteiger partial charge is 0.322 e. The molecule has 1 saturated heterocycles. The van der Waals surface area contributed by atoms with Crippen molar-refractivity contribution in [1.29, 1.82) is 0 Å². The van der Waals surface area contributed by atoms with Crippen LogP contribution in [-0.2, 0) is 14.0 Å². The van der Waals surface area contributed by atoms with Crippen LogP contribution in [0.3, 0.4) is 0 Å². The third-order valence-corrected chi connectivity index (χ3v) is 12.4. The molecule has 1 fully saturated rings. The van der Waals surface area contributed by atoms with E-state index in [4.69, 9.17) is 9.16 Å².